The Morgan fingerprint density at radius 3 is 2.16 bits per heavy atom. The molecule has 1 aromatic rings. The molecular formula is C19H23ClN2O3. The van der Waals surface area contributed by atoms with Crippen LogP contribution in [0.3, 0.4) is 0 Å². The molecule has 0 spiro atoms. The van der Waals surface area contributed by atoms with E-state index >= 15 is 0 Å². The number of halogens is 1. The topological polar surface area (TPSA) is 60.9 Å². The Labute approximate surface area is 152 Å². The molecular weight excluding hydrogens is 340 g/mol. The zero-order valence-electron chi connectivity index (χ0n) is 14.1. The minimum atomic E-state index is -0.787. The summed E-state index contributed by atoms with van der Waals surface area (Å²) >= 11 is 5.94. The van der Waals surface area contributed by atoms with Crippen molar-refractivity contribution in [1.82, 2.24) is 4.90 Å². The lowest BCUT2D eigenvalue weighted by Gasteiger charge is -2.39. The first kappa shape index (κ1) is 16.7. The minimum Gasteiger partial charge on any atom is -0.481 e. The summed E-state index contributed by atoms with van der Waals surface area (Å²) in [7, 11) is 0. The van der Waals surface area contributed by atoms with Gasteiger partial charge in [0.15, 0.2) is 0 Å². The summed E-state index contributed by atoms with van der Waals surface area (Å²) in [6.07, 6.45) is 2.89. The first-order valence-corrected chi connectivity index (χ1v) is 9.44. The molecule has 1 saturated heterocycles. The molecule has 3 aliphatic rings. The maximum Gasteiger partial charge on any atom is 0.307 e. The molecule has 1 aliphatic heterocycles. The predicted octanol–water partition coefficient (Wildman–Crippen LogP) is 2.74. The first-order chi connectivity index (χ1) is 12.0. The number of aliphatic carboxylic acids is 1. The van der Waals surface area contributed by atoms with E-state index in [1.54, 1.807) is 0 Å². The van der Waals surface area contributed by atoms with Gasteiger partial charge in [-0.3, -0.25) is 9.59 Å². The number of carboxylic acids is 1. The lowest BCUT2D eigenvalue weighted by molar-refractivity contribution is -0.153. The Kier molecular flexibility index (Phi) is 4.36. The van der Waals surface area contributed by atoms with Gasteiger partial charge in [-0.25, -0.2) is 0 Å². The number of hydrogen-bond donors (Lipinski definition) is 1. The van der Waals surface area contributed by atoms with E-state index < -0.39 is 11.9 Å². The number of fused-ring (bicyclic) bond motifs is 2. The minimum absolute atomic E-state index is 0.0651. The third-order valence-electron chi connectivity index (χ3n) is 6.27. The lowest BCUT2D eigenvalue weighted by Crippen LogP contribution is -2.52. The van der Waals surface area contributed by atoms with Gasteiger partial charge in [0.2, 0.25) is 5.91 Å². The number of carbonyl (C=O) groups excluding carboxylic acids is 1. The fourth-order valence-electron chi connectivity index (χ4n) is 5.05. The van der Waals surface area contributed by atoms with Crippen molar-refractivity contribution in [2.24, 2.45) is 23.7 Å². The van der Waals surface area contributed by atoms with Crippen molar-refractivity contribution >= 4 is 29.2 Å². The highest BCUT2D eigenvalue weighted by atomic mass is 35.5. The van der Waals surface area contributed by atoms with Crippen molar-refractivity contribution < 1.29 is 14.7 Å². The summed E-state index contributed by atoms with van der Waals surface area (Å²) in [4.78, 5) is 28.8. The highest BCUT2D eigenvalue weighted by Gasteiger charge is 2.54. The Morgan fingerprint density at radius 2 is 1.56 bits per heavy atom. The van der Waals surface area contributed by atoms with Gasteiger partial charge in [0.25, 0.3) is 0 Å². The summed E-state index contributed by atoms with van der Waals surface area (Å²) in [6, 6.07) is 7.74. The second kappa shape index (κ2) is 6.52. The van der Waals surface area contributed by atoms with Gasteiger partial charge in [-0.1, -0.05) is 11.6 Å². The van der Waals surface area contributed by atoms with Gasteiger partial charge in [0, 0.05) is 36.9 Å². The van der Waals surface area contributed by atoms with Gasteiger partial charge in [0.05, 0.1) is 11.8 Å². The zero-order chi connectivity index (χ0) is 17.6. The number of amides is 1. The van der Waals surface area contributed by atoms with Gasteiger partial charge in [0.1, 0.15) is 0 Å². The summed E-state index contributed by atoms with van der Waals surface area (Å²) in [5.41, 5.74) is 1.11. The van der Waals surface area contributed by atoms with E-state index in [0.717, 1.165) is 38.0 Å². The van der Waals surface area contributed by atoms with Gasteiger partial charge < -0.3 is 14.9 Å². The summed E-state index contributed by atoms with van der Waals surface area (Å²) in [6.45, 7) is 2.85. The van der Waals surface area contributed by atoms with Crippen molar-refractivity contribution in [3.63, 3.8) is 0 Å². The van der Waals surface area contributed by atoms with E-state index in [1.807, 2.05) is 29.2 Å². The maximum absolute atomic E-state index is 13.0. The van der Waals surface area contributed by atoms with Gasteiger partial charge in [-0.2, -0.15) is 0 Å². The molecule has 2 bridgehead atoms. The molecule has 3 fully saturated rings. The number of piperazine rings is 1. The molecule has 4 rings (SSSR count). The van der Waals surface area contributed by atoms with E-state index in [2.05, 4.69) is 4.90 Å². The van der Waals surface area contributed by atoms with Gasteiger partial charge in [-0.15, -0.1) is 0 Å². The van der Waals surface area contributed by atoms with E-state index in [9.17, 15) is 14.7 Å². The van der Waals surface area contributed by atoms with Crippen LogP contribution in [0, 0.1) is 23.7 Å². The lowest BCUT2D eigenvalue weighted by atomic mass is 9.78. The molecule has 0 radical (unpaired) electrons. The van der Waals surface area contributed by atoms with E-state index in [-0.39, 0.29) is 23.7 Å². The SMILES string of the molecule is O=C(O)[C@H]1[C@H]2CC[C@@H](C2)[C@H]1C(=O)N1CCN(c2ccc(Cl)cc2)CC1. The van der Waals surface area contributed by atoms with Crippen LogP contribution in [0.25, 0.3) is 0 Å². The van der Waals surface area contributed by atoms with Crippen molar-refractivity contribution in [1.29, 1.82) is 0 Å². The Hall–Kier alpha value is -1.75. The van der Waals surface area contributed by atoms with Crippen LogP contribution in [0.1, 0.15) is 19.3 Å². The van der Waals surface area contributed by atoms with Crippen LogP contribution in [0.2, 0.25) is 5.02 Å². The molecule has 6 heteroatoms. The number of carbonyl (C=O) groups is 2. The number of anilines is 1. The van der Waals surface area contributed by atoms with E-state index in [4.69, 9.17) is 11.6 Å². The average molecular weight is 363 g/mol. The van der Waals surface area contributed by atoms with Gasteiger partial charge in [-0.05, 0) is 55.4 Å². The molecule has 4 atom stereocenters. The smallest absolute Gasteiger partial charge is 0.307 e. The van der Waals surface area contributed by atoms with Crippen LogP contribution in [0.5, 0.6) is 0 Å². The number of hydrogen-bond acceptors (Lipinski definition) is 3. The Balaban J connectivity index is 1.41. The average Bonchev–Trinajstić information content (AvgIpc) is 3.23. The van der Waals surface area contributed by atoms with Crippen molar-refractivity contribution in [3.05, 3.63) is 29.3 Å². The second-order valence-corrected chi connectivity index (χ2v) is 7.95. The molecule has 1 heterocycles. The molecule has 5 nitrogen and oxygen atoms in total. The molecule has 134 valence electrons. The first-order valence-electron chi connectivity index (χ1n) is 9.06. The third-order valence-corrected chi connectivity index (χ3v) is 6.52. The molecule has 1 N–H and O–H groups in total. The summed E-state index contributed by atoms with van der Waals surface area (Å²) in [5.74, 6) is -1.03. The largest absolute Gasteiger partial charge is 0.481 e. The van der Waals surface area contributed by atoms with Crippen molar-refractivity contribution in [2.45, 2.75) is 19.3 Å². The number of carboxylic acid groups (broad SMARTS) is 1. The van der Waals surface area contributed by atoms with Crippen LogP contribution >= 0.6 is 11.6 Å². The maximum atomic E-state index is 13.0. The van der Waals surface area contributed by atoms with Crippen molar-refractivity contribution in [3.8, 4) is 0 Å². The second-order valence-electron chi connectivity index (χ2n) is 7.51. The number of rotatable bonds is 3. The number of benzene rings is 1. The monoisotopic (exact) mass is 362 g/mol. The van der Waals surface area contributed by atoms with Crippen LogP contribution in [0.4, 0.5) is 5.69 Å². The van der Waals surface area contributed by atoms with Crippen LogP contribution in [-0.4, -0.2) is 48.1 Å². The zero-order valence-corrected chi connectivity index (χ0v) is 14.9. The third kappa shape index (κ3) is 2.99. The molecule has 1 aromatic carbocycles. The molecule has 0 unspecified atom stereocenters. The Morgan fingerprint density at radius 1 is 0.960 bits per heavy atom. The van der Waals surface area contributed by atoms with Crippen molar-refractivity contribution in [2.75, 3.05) is 31.1 Å². The fourth-order valence-corrected chi connectivity index (χ4v) is 5.18. The van der Waals surface area contributed by atoms with Crippen LogP contribution in [-0.2, 0) is 9.59 Å². The fraction of sp³-hybridized carbons (Fsp3) is 0.579. The normalized spacial score (nSPS) is 31.4. The highest BCUT2D eigenvalue weighted by Crippen LogP contribution is 2.53. The van der Waals surface area contributed by atoms with Crippen LogP contribution < -0.4 is 4.90 Å². The molecule has 2 aliphatic carbocycles. The summed E-state index contributed by atoms with van der Waals surface area (Å²) < 4.78 is 0. The highest BCUT2D eigenvalue weighted by molar-refractivity contribution is 6.30. The number of nitrogens with zero attached hydrogens (tertiary/aromatic N) is 2. The predicted molar refractivity (Wildman–Crippen MR) is 95.7 cm³/mol. The molecule has 1 amide bonds. The van der Waals surface area contributed by atoms with Gasteiger partial charge >= 0.3 is 5.97 Å². The summed E-state index contributed by atoms with van der Waals surface area (Å²) in [5, 5.41) is 10.3. The Bertz CT molecular complexity index is 670. The molecule has 2 saturated carbocycles. The van der Waals surface area contributed by atoms with E-state index in [1.165, 1.54) is 0 Å². The van der Waals surface area contributed by atoms with Crippen LogP contribution in [0.15, 0.2) is 24.3 Å². The molecule has 0 aromatic heterocycles. The quantitative estimate of drug-likeness (QED) is 0.898. The molecule has 25 heavy (non-hydrogen) atoms. The standard InChI is InChI=1S/C19H23ClN2O3/c20-14-3-5-15(6-4-14)21-7-9-22(10-8-21)18(23)16-12-1-2-13(11-12)17(16)19(24)25/h3-6,12-13,16-17H,1-2,7-11H2,(H,24,25)/t12-,13-,16+,17-/m0/s1. The van der Waals surface area contributed by atoms with E-state index in [0.29, 0.717) is 18.1 Å².